The van der Waals surface area contributed by atoms with E-state index in [1.165, 1.54) is 0 Å². The van der Waals surface area contributed by atoms with Crippen LogP contribution in [0.2, 0.25) is 0 Å². The highest BCUT2D eigenvalue weighted by Crippen LogP contribution is 2.02. The van der Waals surface area contributed by atoms with Crippen molar-refractivity contribution in [2.75, 3.05) is 12.5 Å². The van der Waals surface area contributed by atoms with Crippen LogP contribution in [0.3, 0.4) is 0 Å². The molecular weight excluding hydrogens is 146 g/mol. The van der Waals surface area contributed by atoms with E-state index in [4.69, 9.17) is 0 Å². The van der Waals surface area contributed by atoms with Crippen molar-refractivity contribution in [3.63, 3.8) is 0 Å². The Morgan fingerprint density at radius 2 is 2.20 bits per heavy atom. The molecule has 1 rings (SSSR count). The first-order valence-corrected chi connectivity index (χ1v) is 4.84. The van der Waals surface area contributed by atoms with Gasteiger partial charge in [-0.1, -0.05) is 10.7 Å². The molecule has 4 heteroatoms. The maximum Gasteiger partial charge on any atom is 0.177 e. The van der Waals surface area contributed by atoms with E-state index >= 15 is 0 Å². The van der Waals surface area contributed by atoms with Gasteiger partial charge in [0.1, 0.15) is 0 Å². The maximum atomic E-state index is 4.21. The molecule has 0 saturated heterocycles. The summed E-state index contributed by atoms with van der Waals surface area (Å²) in [4.78, 5) is 7.88. The highest BCUT2D eigenvalue weighted by molar-refractivity contribution is 7.85. The molecule has 0 bridgehead atoms. The first-order valence-electron chi connectivity index (χ1n) is 2.84. The van der Waals surface area contributed by atoms with Gasteiger partial charge in [0, 0.05) is 12.4 Å². The van der Waals surface area contributed by atoms with Gasteiger partial charge in [-0.2, -0.15) is 0 Å². The van der Waals surface area contributed by atoms with Gasteiger partial charge < -0.3 is 0 Å². The molecule has 0 fully saturated rings. The Morgan fingerprint density at radius 1 is 1.40 bits per heavy atom. The summed E-state index contributed by atoms with van der Waals surface area (Å²) < 4.78 is 4.21. The lowest BCUT2D eigenvalue weighted by molar-refractivity contribution is 1.18. The fourth-order valence-electron chi connectivity index (χ4n) is 0.525. The average Bonchev–Trinajstić information content (AvgIpc) is 1.88. The van der Waals surface area contributed by atoms with E-state index in [1.54, 1.807) is 18.6 Å². The second kappa shape index (κ2) is 3.41. The summed E-state index contributed by atoms with van der Waals surface area (Å²) >= 11 is 0. The van der Waals surface area contributed by atoms with Crippen LogP contribution in [-0.4, -0.2) is 22.5 Å². The van der Waals surface area contributed by atoms with Crippen molar-refractivity contribution in [3.05, 3.63) is 18.6 Å². The highest BCUT2D eigenvalue weighted by Gasteiger charge is 1.85. The molecule has 1 aromatic rings. The zero-order chi connectivity index (χ0) is 7.40. The summed E-state index contributed by atoms with van der Waals surface area (Å²) in [5.74, 6) is 0.718. The Kier molecular flexibility index (Phi) is 2.50. The first kappa shape index (κ1) is 7.34. The van der Waals surface area contributed by atoms with Crippen LogP contribution >= 0.6 is 0 Å². The molecule has 0 N–H and O–H groups in total. The lowest BCUT2D eigenvalue weighted by Crippen LogP contribution is -1.79. The molecule has 0 aliphatic heterocycles. The summed E-state index contributed by atoms with van der Waals surface area (Å²) in [6, 6.07) is 0. The lowest BCUT2D eigenvalue weighted by atomic mass is 10.7. The fraction of sp³-hybridized carbons (Fsp3) is 0.333. The van der Waals surface area contributed by atoms with Crippen molar-refractivity contribution in [1.82, 2.24) is 9.97 Å². The molecule has 10 heavy (non-hydrogen) atoms. The third-order valence-corrected chi connectivity index (χ3v) is 1.38. The molecule has 0 atom stereocenters. The minimum Gasteiger partial charge on any atom is -0.259 e. The SMILES string of the molecule is CS(C)=Nc1cnccn1. The number of hydrogen-bond donors (Lipinski definition) is 0. The molecule has 0 spiro atoms. The number of nitrogens with zero attached hydrogens (tertiary/aromatic N) is 3. The van der Waals surface area contributed by atoms with E-state index in [0.29, 0.717) is 0 Å². The quantitative estimate of drug-likeness (QED) is 0.610. The number of aromatic nitrogens is 2. The lowest BCUT2D eigenvalue weighted by Gasteiger charge is -1.90. The van der Waals surface area contributed by atoms with Gasteiger partial charge in [-0.3, -0.25) is 4.98 Å². The molecule has 0 aliphatic carbocycles. The summed E-state index contributed by atoms with van der Waals surface area (Å²) in [5, 5.41) is 0. The third kappa shape index (κ3) is 2.23. The van der Waals surface area contributed by atoms with E-state index in [2.05, 4.69) is 14.3 Å². The molecule has 0 amide bonds. The molecule has 1 aromatic heterocycles. The van der Waals surface area contributed by atoms with Crippen LogP contribution in [0, 0.1) is 0 Å². The van der Waals surface area contributed by atoms with Crippen molar-refractivity contribution in [2.45, 2.75) is 0 Å². The largest absolute Gasteiger partial charge is 0.259 e. The molecule has 1 heterocycles. The smallest absolute Gasteiger partial charge is 0.177 e. The van der Waals surface area contributed by atoms with Gasteiger partial charge in [0.25, 0.3) is 0 Å². The average molecular weight is 155 g/mol. The second-order valence-corrected chi connectivity index (χ2v) is 3.66. The van der Waals surface area contributed by atoms with Crippen LogP contribution in [0.1, 0.15) is 0 Å². The molecule has 3 nitrogen and oxygen atoms in total. The van der Waals surface area contributed by atoms with E-state index in [1.807, 2.05) is 12.5 Å². The first-order chi connectivity index (χ1) is 4.79. The minimum absolute atomic E-state index is 0.0560. The Morgan fingerprint density at radius 3 is 2.70 bits per heavy atom. The van der Waals surface area contributed by atoms with E-state index in [-0.39, 0.29) is 10.7 Å². The van der Waals surface area contributed by atoms with Crippen LogP contribution in [0.5, 0.6) is 0 Å². The van der Waals surface area contributed by atoms with Gasteiger partial charge in [0.2, 0.25) is 0 Å². The fourth-order valence-corrected chi connectivity index (χ4v) is 0.994. The standard InChI is InChI=1S/C6H9N3S/c1-10(2)9-6-5-7-3-4-8-6/h3-5H,1-2H3. The summed E-state index contributed by atoms with van der Waals surface area (Å²) in [6.45, 7) is 0. The third-order valence-electron chi connectivity index (χ3n) is 0.826. The van der Waals surface area contributed by atoms with Crippen molar-refractivity contribution in [1.29, 1.82) is 0 Å². The van der Waals surface area contributed by atoms with Gasteiger partial charge in [-0.05, 0) is 12.5 Å². The maximum absolute atomic E-state index is 4.21. The molecule has 54 valence electrons. The van der Waals surface area contributed by atoms with E-state index in [0.717, 1.165) is 5.82 Å². The van der Waals surface area contributed by atoms with E-state index in [9.17, 15) is 0 Å². The molecule has 0 saturated carbocycles. The van der Waals surface area contributed by atoms with Gasteiger partial charge in [0.05, 0.1) is 6.20 Å². The van der Waals surface area contributed by atoms with Crippen LogP contribution in [-0.2, 0) is 10.7 Å². The Balaban J connectivity index is 2.87. The van der Waals surface area contributed by atoms with Gasteiger partial charge >= 0.3 is 0 Å². The van der Waals surface area contributed by atoms with Crippen LogP contribution in [0.15, 0.2) is 23.0 Å². The topological polar surface area (TPSA) is 38.1 Å². The second-order valence-electron chi connectivity index (χ2n) is 1.93. The molecule has 0 unspecified atom stereocenters. The van der Waals surface area contributed by atoms with Crippen LogP contribution in [0.25, 0.3) is 0 Å². The molecule has 0 radical (unpaired) electrons. The van der Waals surface area contributed by atoms with Crippen molar-refractivity contribution < 1.29 is 0 Å². The zero-order valence-corrected chi connectivity index (χ0v) is 6.80. The Bertz CT molecular complexity index is 228. The molecule has 0 aromatic carbocycles. The van der Waals surface area contributed by atoms with E-state index < -0.39 is 0 Å². The monoisotopic (exact) mass is 155 g/mol. The predicted molar refractivity (Wildman–Crippen MR) is 43.3 cm³/mol. The Hall–Kier alpha value is -0.770. The van der Waals surface area contributed by atoms with Crippen molar-refractivity contribution >= 4 is 16.5 Å². The molecule has 0 aliphatic rings. The van der Waals surface area contributed by atoms with Gasteiger partial charge in [-0.15, -0.1) is 0 Å². The number of rotatable bonds is 1. The van der Waals surface area contributed by atoms with Crippen LogP contribution in [0.4, 0.5) is 5.82 Å². The van der Waals surface area contributed by atoms with Gasteiger partial charge in [-0.25, -0.2) is 9.35 Å². The highest BCUT2D eigenvalue weighted by atomic mass is 32.2. The number of hydrogen-bond acceptors (Lipinski definition) is 3. The summed E-state index contributed by atoms with van der Waals surface area (Å²) in [6.07, 6.45) is 9.02. The Labute approximate surface area is 62.6 Å². The van der Waals surface area contributed by atoms with Crippen LogP contribution < -0.4 is 0 Å². The normalized spacial score (nSPS) is 9.90. The zero-order valence-electron chi connectivity index (χ0n) is 5.98. The molecular formula is C6H9N3S. The predicted octanol–water partition coefficient (Wildman–Crippen LogP) is 1.17. The minimum atomic E-state index is 0.0560. The van der Waals surface area contributed by atoms with Crippen molar-refractivity contribution in [2.24, 2.45) is 4.36 Å². The van der Waals surface area contributed by atoms with Crippen molar-refractivity contribution in [3.8, 4) is 0 Å². The van der Waals surface area contributed by atoms with Gasteiger partial charge in [0.15, 0.2) is 5.82 Å². The summed E-state index contributed by atoms with van der Waals surface area (Å²) in [7, 11) is 0.0560. The summed E-state index contributed by atoms with van der Waals surface area (Å²) in [5.41, 5.74) is 0.